The molecule has 3 nitrogen and oxygen atoms in total. The molecule has 2 rings (SSSR count). The largest absolute Gasteiger partial charge is 0.427 e. The van der Waals surface area contributed by atoms with Gasteiger partial charge in [-0.25, -0.2) is 4.98 Å². The Morgan fingerprint density at radius 3 is 3.00 bits per heavy atom. The molecule has 94 valence electrons. The second-order valence-electron chi connectivity index (χ2n) is 4.35. The van der Waals surface area contributed by atoms with Crippen LogP contribution in [0.4, 0.5) is 0 Å². The molecule has 2 aromatic rings. The van der Waals surface area contributed by atoms with Crippen LogP contribution in [-0.4, -0.2) is 17.4 Å². The average Bonchev–Trinajstić information content (AvgIpc) is 2.39. The number of ether oxygens (including phenoxy) is 1. The van der Waals surface area contributed by atoms with Gasteiger partial charge in [0, 0.05) is 11.6 Å². The van der Waals surface area contributed by atoms with Gasteiger partial charge in [0.2, 0.25) is 5.88 Å². The standard InChI is InChI=1S/C15H18N2O/c1-3-6-12(2)17-11-18-15-14-8-5-4-7-13(14)9-10-16-15/h4-5,7-12H,3,6H2,1-2H3. The van der Waals surface area contributed by atoms with Crippen LogP contribution in [0.3, 0.4) is 0 Å². The molecule has 0 fully saturated rings. The van der Waals surface area contributed by atoms with Crippen LogP contribution in [0.15, 0.2) is 41.5 Å². The summed E-state index contributed by atoms with van der Waals surface area (Å²) in [4.78, 5) is 8.56. The maximum absolute atomic E-state index is 5.53. The molecule has 18 heavy (non-hydrogen) atoms. The lowest BCUT2D eigenvalue weighted by molar-refractivity contribution is 0.541. The summed E-state index contributed by atoms with van der Waals surface area (Å²) in [5.41, 5.74) is 0. The van der Waals surface area contributed by atoms with Gasteiger partial charge in [0.1, 0.15) is 0 Å². The minimum absolute atomic E-state index is 0.296. The Bertz CT molecular complexity index is 532. The molecule has 0 saturated carbocycles. The Kier molecular flexibility index (Phi) is 4.29. The number of nitrogens with zero attached hydrogens (tertiary/aromatic N) is 2. The van der Waals surface area contributed by atoms with Crippen LogP contribution in [-0.2, 0) is 0 Å². The fourth-order valence-electron chi connectivity index (χ4n) is 1.86. The number of hydrogen-bond donors (Lipinski definition) is 0. The number of pyridine rings is 1. The van der Waals surface area contributed by atoms with Crippen molar-refractivity contribution in [2.75, 3.05) is 0 Å². The molecule has 1 aromatic heterocycles. The van der Waals surface area contributed by atoms with Gasteiger partial charge in [-0.1, -0.05) is 31.5 Å². The molecular formula is C15H18N2O. The van der Waals surface area contributed by atoms with Crippen molar-refractivity contribution in [2.45, 2.75) is 32.7 Å². The SMILES string of the molecule is CCCC(C)N=COc1nccc2ccccc12. The Balaban J connectivity index is 2.12. The molecule has 1 atom stereocenters. The van der Waals surface area contributed by atoms with Gasteiger partial charge in [-0.2, -0.15) is 0 Å². The molecule has 0 N–H and O–H groups in total. The second kappa shape index (κ2) is 6.15. The van der Waals surface area contributed by atoms with E-state index < -0.39 is 0 Å². The van der Waals surface area contributed by atoms with E-state index in [1.807, 2.05) is 30.3 Å². The zero-order chi connectivity index (χ0) is 12.8. The van der Waals surface area contributed by atoms with Crippen LogP contribution in [0.1, 0.15) is 26.7 Å². The molecule has 1 unspecified atom stereocenters. The number of rotatable bonds is 5. The molecule has 1 heterocycles. The van der Waals surface area contributed by atoms with Crippen LogP contribution in [0.25, 0.3) is 10.8 Å². The van der Waals surface area contributed by atoms with Crippen LogP contribution >= 0.6 is 0 Å². The predicted octanol–water partition coefficient (Wildman–Crippen LogP) is 3.83. The molecule has 0 radical (unpaired) electrons. The molecular weight excluding hydrogens is 224 g/mol. The van der Waals surface area contributed by atoms with Gasteiger partial charge in [-0.3, -0.25) is 4.99 Å². The van der Waals surface area contributed by atoms with Gasteiger partial charge < -0.3 is 4.74 Å². The topological polar surface area (TPSA) is 34.5 Å². The van der Waals surface area contributed by atoms with Crippen molar-refractivity contribution in [3.63, 3.8) is 0 Å². The molecule has 0 spiro atoms. The summed E-state index contributed by atoms with van der Waals surface area (Å²) in [6.07, 6.45) is 5.46. The molecule has 0 saturated heterocycles. The number of aromatic nitrogens is 1. The zero-order valence-corrected chi connectivity index (χ0v) is 10.8. The molecule has 0 bridgehead atoms. The Morgan fingerprint density at radius 1 is 1.33 bits per heavy atom. The van der Waals surface area contributed by atoms with Crippen molar-refractivity contribution in [1.82, 2.24) is 4.98 Å². The minimum Gasteiger partial charge on any atom is -0.427 e. The zero-order valence-electron chi connectivity index (χ0n) is 10.8. The molecule has 0 aliphatic rings. The first-order valence-corrected chi connectivity index (χ1v) is 6.33. The molecule has 0 aliphatic carbocycles. The third-order valence-corrected chi connectivity index (χ3v) is 2.82. The van der Waals surface area contributed by atoms with Gasteiger partial charge in [0.25, 0.3) is 0 Å². The van der Waals surface area contributed by atoms with Gasteiger partial charge >= 0.3 is 0 Å². The van der Waals surface area contributed by atoms with E-state index >= 15 is 0 Å². The Hall–Kier alpha value is -1.90. The molecule has 3 heteroatoms. The fourth-order valence-corrected chi connectivity index (χ4v) is 1.86. The van der Waals surface area contributed by atoms with Crippen LogP contribution in [0.2, 0.25) is 0 Å². The maximum Gasteiger partial charge on any atom is 0.228 e. The first-order chi connectivity index (χ1) is 8.81. The quantitative estimate of drug-likeness (QED) is 0.590. The number of aliphatic imine (C=N–C) groups is 1. The summed E-state index contributed by atoms with van der Waals surface area (Å²) >= 11 is 0. The third kappa shape index (κ3) is 3.06. The molecule has 1 aromatic carbocycles. The van der Waals surface area contributed by atoms with E-state index in [9.17, 15) is 0 Å². The number of fused-ring (bicyclic) bond motifs is 1. The summed E-state index contributed by atoms with van der Waals surface area (Å²) in [5.74, 6) is 0.612. The first-order valence-electron chi connectivity index (χ1n) is 6.33. The molecule has 0 aliphatic heterocycles. The smallest absolute Gasteiger partial charge is 0.228 e. The van der Waals surface area contributed by atoms with E-state index in [0.717, 1.165) is 23.6 Å². The van der Waals surface area contributed by atoms with Gasteiger partial charge in [-0.15, -0.1) is 0 Å². The van der Waals surface area contributed by atoms with Gasteiger partial charge in [0.05, 0.1) is 6.04 Å². The van der Waals surface area contributed by atoms with Crippen molar-refractivity contribution < 1.29 is 4.74 Å². The van der Waals surface area contributed by atoms with E-state index in [0.29, 0.717) is 11.9 Å². The highest BCUT2D eigenvalue weighted by atomic mass is 16.5. The Morgan fingerprint density at radius 2 is 2.17 bits per heavy atom. The van der Waals surface area contributed by atoms with Crippen molar-refractivity contribution in [1.29, 1.82) is 0 Å². The average molecular weight is 242 g/mol. The lowest BCUT2D eigenvalue weighted by atomic mass is 10.2. The van der Waals surface area contributed by atoms with Crippen LogP contribution in [0, 0.1) is 0 Å². The van der Waals surface area contributed by atoms with Crippen molar-refractivity contribution in [3.05, 3.63) is 36.5 Å². The monoisotopic (exact) mass is 242 g/mol. The first kappa shape index (κ1) is 12.6. The number of benzene rings is 1. The highest BCUT2D eigenvalue weighted by molar-refractivity contribution is 5.87. The summed E-state index contributed by atoms with van der Waals surface area (Å²) in [5, 5.41) is 2.13. The van der Waals surface area contributed by atoms with Crippen LogP contribution < -0.4 is 4.74 Å². The molecule has 0 amide bonds. The third-order valence-electron chi connectivity index (χ3n) is 2.82. The Labute approximate surface area is 108 Å². The van der Waals surface area contributed by atoms with E-state index in [4.69, 9.17) is 4.74 Å². The fraction of sp³-hybridized carbons (Fsp3) is 0.333. The lowest BCUT2D eigenvalue weighted by Crippen LogP contribution is -2.01. The van der Waals surface area contributed by atoms with Crippen LogP contribution in [0.5, 0.6) is 5.88 Å². The van der Waals surface area contributed by atoms with Crippen molar-refractivity contribution in [3.8, 4) is 5.88 Å². The normalized spacial score (nSPS) is 13.0. The second-order valence-corrected chi connectivity index (χ2v) is 4.35. The predicted molar refractivity (Wildman–Crippen MR) is 75.2 cm³/mol. The summed E-state index contributed by atoms with van der Waals surface area (Å²) in [6, 6.07) is 10.3. The highest BCUT2D eigenvalue weighted by Gasteiger charge is 2.01. The summed E-state index contributed by atoms with van der Waals surface area (Å²) in [7, 11) is 0. The minimum atomic E-state index is 0.296. The van der Waals surface area contributed by atoms with Crippen molar-refractivity contribution >= 4 is 17.2 Å². The van der Waals surface area contributed by atoms with E-state index in [2.05, 4.69) is 23.8 Å². The van der Waals surface area contributed by atoms with Gasteiger partial charge in [0.15, 0.2) is 6.40 Å². The number of hydrogen-bond acceptors (Lipinski definition) is 3. The summed E-state index contributed by atoms with van der Waals surface area (Å²) < 4.78 is 5.53. The van der Waals surface area contributed by atoms with E-state index in [-0.39, 0.29) is 0 Å². The maximum atomic E-state index is 5.53. The lowest BCUT2D eigenvalue weighted by Gasteiger charge is -2.05. The highest BCUT2D eigenvalue weighted by Crippen LogP contribution is 2.21. The van der Waals surface area contributed by atoms with Crippen molar-refractivity contribution in [2.24, 2.45) is 4.99 Å². The summed E-state index contributed by atoms with van der Waals surface area (Å²) in [6.45, 7) is 4.24. The van der Waals surface area contributed by atoms with E-state index in [1.54, 1.807) is 6.20 Å². The van der Waals surface area contributed by atoms with Gasteiger partial charge in [-0.05, 0) is 30.9 Å². The van der Waals surface area contributed by atoms with E-state index in [1.165, 1.54) is 6.40 Å².